The van der Waals surface area contributed by atoms with Crippen LogP contribution in [0.15, 0.2) is 36.4 Å². The van der Waals surface area contributed by atoms with Gasteiger partial charge in [-0.05, 0) is 65.7 Å². The lowest BCUT2D eigenvalue weighted by Crippen LogP contribution is -2.23. The molecule has 0 aromatic heterocycles. The molecule has 0 spiro atoms. The Morgan fingerprint density at radius 2 is 1.85 bits per heavy atom. The van der Waals surface area contributed by atoms with Crippen LogP contribution in [0.2, 0.25) is 0 Å². The van der Waals surface area contributed by atoms with Gasteiger partial charge >= 0.3 is 0 Å². The molecule has 3 aromatic carbocycles. The van der Waals surface area contributed by atoms with Crippen molar-refractivity contribution in [3.05, 3.63) is 42.0 Å². The van der Waals surface area contributed by atoms with E-state index in [0.717, 1.165) is 41.0 Å². The van der Waals surface area contributed by atoms with E-state index in [2.05, 4.69) is 29.6 Å². The molecule has 3 aromatic rings. The Kier molecular flexibility index (Phi) is 4.60. The molecule has 4 heteroatoms. The Hall–Kier alpha value is -2.46. The minimum atomic E-state index is 0.544. The van der Waals surface area contributed by atoms with Crippen LogP contribution in [0.5, 0.6) is 17.2 Å². The summed E-state index contributed by atoms with van der Waals surface area (Å²) >= 11 is 0. The van der Waals surface area contributed by atoms with Crippen LogP contribution >= 0.6 is 0 Å². The Morgan fingerprint density at radius 1 is 0.962 bits per heavy atom. The molecule has 1 saturated heterocycles. The minimum absolute atomic E-state index is 0.544. The average Bonchev–Trinajstić information content (AvgIpc) is 3.19. The number of hydrogen-bond donors (Lipinski definition) is 1. The van der Waals surface area contributed by atoms with E-state index in [4.69, 9.17) is 14.2 Å². The van der Waals surface area contributed by atoms with Gasteiger partial charge in [0.05, 0.1) is 21.3 Å². The molecule has 136 valence electrons. The van der Waals surface area contributed by atoms with Gasteiger partial charge in [-0.1, -0.05) is 18.2 Å². The van der Waals surface area contributed by atoms with Crippen LogP contribution in [0.25, 0.3) is 21.5 Å². The standard InChI is InChI=1S/C22H25NO3/c1-24-17-7-6-14-11-15(12-16-5-4-10-23-16)18-8-9-20(25-2)22(26-3)21(18)19(14)13-17/h6-9,11,13,16,23H,4-5,10,12H2,1-3H3/t16-/m0/s1. The summed E-state index contributed by atoms with van der Waals surface area (Å²) in [4.78, 5) is 0. The van der Waals surface area contributed by atoms with Crippen LogP contribution in [-0.2, 0) is 6.42 Å². The first-order valence-electron chi connectivity index (χ1n) is 9.13. The molecule has 26 heavy (non-hydrogen) atoms. The Balaban J connectivity index is 2.02. The van der Waals surface area contributed by atoms with Gasteiger partial charge < -0.3 is 19.5 Å². The molecule has 1 N–H and O–H groups in total. The molecular weight excluding hydrogens is 326 g/mol. The summed E-state index contributed by atoms with van der Waals surface area (Å²) < 4.78 is 16.8. The maximum atomic E-state index is 5.77. The van der Waals surface area contributed by atoms with Crippen molar-refractivity contribution in [2.45, 2.75) is 25.3 Å². The maximum Gasteiger partial charge on any atom is 0.169 e. The fraction of sp³-hybridized carbons (Fsp3) is 0.364. The number of nitrogens with one attached hydrogen (secondary N) is 1. The third-order valence-corrected chi connectivity index (χ3v) is 5.38. The summed E-state index contributed by atoms with van der Waals surface area (Å²) in [6.07, 6.45) is 3.51. The summed E-state index contributed by atoms with van der Waals surface area (Å²) in [6.45, 7) is 1.12. The lowest BCUT2D eigenvalue weighted by atomic mass is 9.92. The Bertz CT molecular complexity index is 945. The van der Waals surface area contributed by atoms with Crippen LogP contribution in [0.1, 0.15) is 18.4 Å². The van der Waals surface area contributed by atoms with Crippen molar-refractivity contribution < 1.29 is 14.2 Å². The summed E-state index contributed by atoms with van der Waals surface area (Å²) in [5.74, 6) is 2.37. The Labute approximate surface area is 154 Å². The highest BCUT2D eigenvalue weighted by molar-refractivity contribution is 6.13. The monoisotopic (exact) mass is 351 g/mol. The zero-order chi connectivity index (χ0) is 18.1. The van der Waals surface area contributed by atoms with Crippen molar-refractivity contribution in [3.8, 4) is 17.2 Å². The van der Waals surface area contributed by atoms with Gasteiger partial charge in [0.25, 0.3) is 0 Å². The van der Waals surface area contributed by atoms with Crippen LogP contribution in [0.4, 0.5) is 0 Å². The molecule has 1 aliphatic rings. The molecule has 1 atom stereocenters. The number of rotatable bonds is 5. The van der Waals surface area contributed by atoms with Crippen LogP contribution in [0, 0.1) is 0 Å². The molecule has 0 amide bonds. The predicted octanol–water partition coefficient (Wildman–Crippen LogP) is 4.31. The summed E-state index contributed by atoms with van der Waals surface area (Å²) in [5, 5.41) is 8.24. The summed E-state index contributed by atoms with van der Waals surface area (Å²) in [7, 11) is 5.08. The van der Waals surface area contributed by atoms with Gasteiger partial charge in [0.2, 0.25) is 0 Å². The van der Waals surface area contributed by atoms with E-state index in [1.54, 1.807) is 21.3 Å². The lowest BCUT2D eigenvalue weighted by molar-refractivity contribution is 0.358. The van der Waals surface area contributed by atoms with Crippen LogP contribution in [-0.4, -0.2) is 33.9 Å². The number of benzene rings is 3. The second-order valence-corrected chi connectivity index (χ2v) is 6.84. The van der Waals surface area contributed by atoms with Crippen molar-refractivity contribution in [2.75, 3.05) is 27.9 Å². The van der Waals surface area contributed by atoms with E-state index >= 15 is 0 Å². The molecule has 0 bridgehead atoms. The Morgan fingerprint density at radius 3 is 2.54 bits per heavy atom. The van der Waals surface area contributed by atoms with E-state index in [1.165, 1.54) is 29.2 Å². The number of methoxy groups -OCH3 is 3. The van der Waals surface area contributed by atoms with Gasteiger partial charge in [0.1, 0.15) is 5.75 Å². The van der Waals surface area contributed by atoms with Crippen molar-refractivity contribution in [1.82, 2.24) is 5.32 Å². The zero-order valence-electron chi connectivity index (χ0n) is 15.6. The van der Waals surface area contributed by atoms with E-state index in [-0.39, 0.29) is 0 Å². The molecule has 0 saturated carbocycles. The van der Waals surface area contributed by atoms with E-state index in [0.29, 0.717) is 6.04 Å². The van der Waals surface area contributed by atoms with Crippen molar-refractivity contribution in [2.24, 2.45) is 0 Å². The highest BCUT2D eigenvalue weighted by Gasteiger charge is 2.20. The summed E-state index contributed by atoms with van der Waals surface area (Å²) in [5.41, 5.74) is 1.35. The molecular formula is C22H25NO3. The van der Waals surface area contributed by atoms with Gasteiger partial charge in [0.15, 0.2) is 11.5 Å². The summed E-state index contributed by atoms with van der Waals surface area (Å²) in [6, 6.07) is 13.2. The highest BCUT2D eigenvalue weighted by Crippen LogP contribution is 2.42. The largest absolute Gasteiger partial charge is 0.497 e. The van der Waals surface area contributed by atoms with Gasteiger partial charge in [0, 0.05) is 11.4 Å². The van der Waals surface area contributed by atoms with Gasteiger partial charge in [-0.3, -0.25) is 0 Å². The first kappa shape index (κ1) is 17.0. The quantitative estimate of drug-likeness (QED) is 0.695. The van der Waals surface area contributed by atoms with E-state index in [1.807, 2.05) is 12.1 Å². The number of hydrogen-bond acceptors (Lipinski definition) is 4. The second kappa shape index (κ2) is 7.04. The molecule has 1 aliphatic heterocycles. The van der Waals surface area contributed by atoms with E-state index < -0.39 is 0 Å². The van der Waals surface area contributed by atoms with Crippen molar-refractivity contribution >= 4 is 21.5 Å². The number of ether oxygens (including phenoxy) is 3. The molecule has 0 aliphatic carbocycles. The third-order valence-electron chi connectivity index (χ3n) is 5.38. The zero-order valence-corrected chi connectivity index (χ0v) is 15.6. The van der Waals surface area contributed by atoms with Gasteiger partial charge in [-0.15, -0.1) is 0 Å². The molecule has 4 nitrogen and oxygen atoms in total. The normalized spacial score (nSPS) is 17.0. The minimum Gasteiger partial charge on any atom is -0.497 e. The fourth-order valence-corrected chi connectivity index (χ4v) is 4.10. The highest BCUT2D eigenvalue weighted by atomic mass is 16.5. The SMILES string of the molecule is COc1ccc2cc(C[C@@H]3CCCN3)c3ccc(OC)c(OC)c3c2c1. The van der Waals surface area contributed by atoms with Gasteiger partial charge in [-0.2, -0.15) is 0 Å². The lowest BCUT2D eigenvalue weighted by Gasteiger charge is -2.18. The van der Waals surface area contributed by atoms with E-state index in [9.17, 15) is 0 Å². The first-order valence-corrected chi connectivity index (χ1v) is 9.13. The average molecular weight is 351 g/mol. The molecule has 0 unspecified atom stereocenters. The van der Waals surface area contributed by atoms with Crippen molar-refractivity contribution in [3.63, 3.8) is 0 Å². The topological polar surface area (TPSA) is 39.7 Å². The molecule has 4 rings (SSSR count). The fourth-order valence-electron chi connectivity index (χ4n) is 4.10. The van der Waals surface area contributed by atoms with Crippen LogP contribution < -0.4 is 19.5 Å². The third kappa shape index (κ3) is 2.84. The van der Waals surface area contributed by atoms with Crippen LogP contribution in [0.3, 0.4) is 0 Å². The first-order chi connectivity index (χ1) is 12.7. The maximum absolute atomic E-state index is 5.77. The van der Waals surface area contributed by atoms with Crippen molar-refractivity contribution in [1.29, 1.82) is 0 Å². The second-order valence-electron chi connectivity index (χ2n) is 6.84. The van der Waals surface area contributed by atoms with Gasteiger partial charge in [-0.25, -0.2) is 0 Å². The predicted molar refractivity (Wildman–Crippen MR) is 106 cm³/mol. The smallest absolute Gasteiger partial charge is 0.169 e. The molecule has 0 radical (unpaired) electrons. The molecule has 1 heterocycles. The molecule has 1 fully saturated rings. The number of fused-ring (bicyclic) bond motifs is 3.